The summed E-state index contributed by atoms with van der Waals surface area (Å²) in [6, 6.07) is 8.89. The van der Waals surface area contributed by atoms with Crippen molar-refractivity contribution in [3.8, 4) is 5.75 Å². The minimum atomic E-state index is -0.139. The Bertz CT molecular complexity index is 775. The van der Waals surface area contributed by atoms with E-state index in [0.29, 0.717) is 22.7 Å². The topological polar surface area (TPSA) is 52.3 Å². The fourth-order valence-electron chi connectivity index (χ4n) is 2.18. The van der Waals surface area contributed by atoms with Crippen LogP contribution in [0.5, 0.6) is 5.75 Å². The smallest absolute Gasteiger partial charge is 0.228 e. The molecule has 0 fully saturated rings. The molecule has 4 heteroatoms. The minimum Gasteiger partial charge on any atom is -0.497 e. The van der Waals surface area contributed by atoms with Crippen LogP contribution in [0.25, 0.3) is 11.0 Å². The number of hydrogen-bond acceptors (Lipinski definition) is 4. The molecule has 0 atom stereocenters. The number of methoxy groups -OCH3 is 1. The molecule has 0 N–H and O–H groups in total. The third kappa shape index (κ3) is 1.95. The molecule has 1 aromatic carbocycles. The Morgan fingerprint density at radius 2 is 1.95 bits per heavy atom. The summed E-state index contributed by atoms with van der Waals surface area (Å²) in [6.07, 6.45) is 3.18. The number of pyridine rings is 1. The van der Waals surface area contributed by atoms with Gasteiger partial charge < -0.3 is 9.15 Å². The highest BCUT2D eigenvalue weighted by molar-refractivity contribution is 6.10. The monoisotopic (exact) mass is 267 g/mol. The number of benzene rings is 1. The molecule has 4 nitrogen and oxygen atoms in total. The van der Waals surface area contributed by atoms with E-state index in [1.54, 1.807) is 37.7 Å². The Labute approximate surface area is 116 Å². The highest BCUT2D eigenvalue weighted by atomic mass is 16.5. The van der Waals surface area contributed by atoms with E-state index >= 15 is 0 Å². The third-order valence-corrected chi connectivity index (χ3v) is 3.29. The van der Waals surface area contributed by atoms with Gasteiger partial charge in [0, 0.05) is 35.0 Å². The minimum absolute atomic E-state index is 0.139. The zero-order valence-corrected chi connectivity index (χ0v) is 11.2. The molecule has 3 aromatic rings. The molecular formula is C16H13NO3. The molecule has 0 aliphatic rings. The number of carbonyl (C=O) groups is 1. The molecule has 0 bridgehead atoms. The summed E-state index contributed by atoms with van der Waals surface area (Å²) in [5, 5.41) is 0.920. The van der Waals surface area contributed by atoms with Gasteiger partial charge in [-0.05, 0) is 31.2 Å². The van der Waals surface area contributed by atoms with E-state index in [1.165, 1.54) is 0 Å². The van der Waals surface area contributed by atoms with Crippen LogP contribution in [0.4, 0.5) is 0 Å². The second-order valence-electron chi connectivity index (χ2n) is 4.48. The lowest BCUT2D eigenvalue weighted by Gasteiger charge is -1.97. The van der Waals surface area contributed by atoms with Crippen molar-refractivity contribution in [3.05, 3.63) is 59.6 Å². The summed E-state index contributed by atoms with van der Waals surface area (Å²) in [7, 11) is 1.60. The van der Waals surface area contributed by atoms with Crippen molar-refractivity contribution in [2.24, 2.45) is 0 Å². The lowest BCUT2D eigenvalue weighted by Crippen LogP contribution is -2.01. The Balaban J connectivity index is 2.12. The predicted molar refractivity (Wildman–Crippen MR) is 75.2 cm³/mol. The molecule has 3 rings (SSSR count). The number of ketones is 1. The zero-order valence-electron chi connectivity index (χ0n) is 11.2. The van der Waals surface area contributed by atoms with Crippen molar-refractivity contribution >= 4 is 16.8 Å². The fraction of sp³-hybridized carbons (Fsp3) is 0.125. The quantitative estimate of drug-likeness (QED) is 0.683. The maximum absolute atomic E-state index is 12.4. The van der Waals surface area contributed by atoms with E-state index in [2.05, 4.69) is 4.98 Å². The van der Waals surface area contributed by atoms with Gasteiger partial charge in [-0.1, -0.05) is 0 Å². The normalized spacial score (nSPS) is 10.7. The first kappa shape index (κ1) is 12.4. The van der Waals surface area contributed by atoms with Crippen LogP contribution in [0.2, 0.25) is 0 Å². The average Bonchev–Trinajstić information content (AvgIpc) is 2.84. The number of aromatic nitrogens is 1. The lowest BCUT2D eigenvalue weighted by molar-refractivity contribution is 0.101. The van der Waals surface area contributed by atoms with Gasteiger partial charge in [0.2, 0.25) is 5.78 Å². The molecule has 0 unspecified atom stereocenters. The Morgan fingerprint density at radius 3 is 2.65 bits per heavy atom. The highest BCUT2D eigenvalue weighted by Crippen LogP contribution is 2.29. The van der Waals surface area contributed by atoms with Crippen LogP contribution < -0.4 is 4.74 Å². The van der Waals surface area contributed by atoms with E-state index in [0.717, 1.165) is 10.9 Å². The van der Waals surface area contributed by atoms with Crippen molar-refractivity contribution in [3.63, 3.8) is 0 Å². The maximum Gasteiger partial charge on any atom is 0.228 e. The molecule has 0 saturated heterocycles. The molecule has 20 heavy (non-hydrogen) atoms. The lowest BCUT2D eigenvalue weighted by atomic mass is 10.1. The average molecular weight is 267 g/mol. The van der Waals surface area contributed by atoms with Crippen LogP contribution >= 0.6 is 0 Å². The zero-order chi connectivity index (χ0) is 14.1. The Morgan fingerprint density at radius 1 is 1.20 bits per heavy atom. The van der Waals surface area contributed by atoms with Crippen LogP contribution in [-0.2, 0) is 0 Å². The van der Waals surface area contributed by atoms with E-state index in [4.69, 9.17) is 9.15 Å². The van der Waals surface area contributed by atoms with Crippen molar-refractivity contribution in [1.29, 1.82) is 0 Å². The van der Waals surface area contributed by atoms with Crippen molar-refractivity contribution in [2.45, 2.75) is 6.92 Å². The van der Waals surface area contributed by atoms with Crippen LogP contribution in [-0.4, -0.2) is 17.9 Å². The molecule has 0 saturated carbocycles. The van der Waals surface area contributed by atoms with Crippen LogP contribution in [0.15, 0.2) is 47.1 Å². The van der Waals surface area contributed by atoms with Gasteiger partial charge in [0.15, 0.2) is 5.76 Å². The van der Waals surface area contributed by atoms with Gasteiger partial charge >= 0.3 is 0 Å². The number of furan rings is 1. The van der Waals surface area contributed by atoms with Crippen LogP contribution in [0, 0.1) is 6.92 Å². The second kappa shape index (κ2) is 4.81. The van der Waals surface area contributed by atoms with Crippen LogP contribution in [0.1, 0.15) is 21.7 Å². The van der Waals surface area contributed by atoms with E-state index in [9.17, 15) is 4.79 Å². The van der Waals surface area contributed by atoms with E-state index in [-0.39, 0.29) is 5.78 Å². The van der Waals surface area contributed by atoms with Crippen LogP contribution in [0.3, 0.4) is 0 Å². The molecule has 2 heterocycles. The van der Waals surface area contributed by atoms with E-state index < -0.39 is 0 Å². The second-order valence-corrected chi connectivity index (χ2v) is 4.48. The first-order chi connectivity index (χ1) is 9.70. The number of carbonyl (C=O) groups excluding carboxylic acids is 1. The molecular weight excluding hydrogens is 254 g/mol. The van der Waals surface area contributed by atoms with Gasteiger partial charge in [0.1, 0.15) is 11.3 Å². The Hall–Kier alpha value is -2.62. The fourth-order valence-corrected chi connectivity index (χ4v) is 2.18. The van der Waals surface area contributed by atoms with Crippen molar-refractivity contribution in [1.82, 2.24) is 4.98 Å². The first-order valence-electron chi connectivity index (χ1n) is 6.22. The van der Waals surface area contributed by atoms with Crippen molar-refractivity contribution < 1.29 is 13.9 Å². The Kier molecular flexibility index (Phi) is 2.99. The number of nitrogens with zero attached hydrogens (tertiary/aromatic N) is 1. The summed E-state index contributed by atoms with van der Waals surface area (Å²) in [4.78, 5) is 16.3. The third-order valence-electron chi connectivity index (χ3n) is 3.29. The standard InChI is InChI=1S/C16H13NO3/c1-10-13-4-3-12(19-2)9-14(13)20-16(10)15(18)11-5-7-17-8-6-11/h3-9H,1-2H3. The SMILES string of the molecule is COc1ccc2c(C)c(C(=O)c3ccncc3)oc2c1. The van der Waals surface area contributed by atoms with E-state index in [1.807, 2.05) is 19.1 Å². The largest absolute Gasteiger partial charge is 0.497 e. The number of fused-ring (bicyclic) bond motifs is 1. The first-order valence-corrected chi connectivity index (χ1v) is 6.22. The molecule has 2 aromatic heterocycles. The van der Waals surface area contributed by atoms with Gasteiger partial charge in [-0.2, -0.15) is 0 Å². The van der Waals surface area contributed by atoms with Gasteiger partial charge in [-0.25, -0.2) is 0 Å². The number of rotatable bonds is 3. The molecule has 0 spiro atoms. The van der Waals surface area contributed by atoms with Crippen molar-refractivity contribution in [2.75, 3.05) is 7.11 Å². The summed E-state index contributed by atoms with van der Waals surface area (Å²) in [6.45, 7) is 1.88. The van der Waals surface area contributed by atoms with Gasteiger partial charge in [-0.15, -0.1) is 0 Å². The summed E-state index contributed by atoms with van der Waals surface area (Å²) in [5.41, 5.74) is 2.05. The maximum atomic E-state index is 12.4. The number of aryl methyl sites for hydroxylation is 1. The summed E-state index contributed by atoms with van der Waals surface area (Å²) < 4.78 is 10.9. The number of hydrogen-bond donors (Lipinski definition) is 0. The molecule has 0 radical (unpaired) electrons. The molecule has 100 valence electrons. The highest BCUT2D eigenvalue weighted by Gasteiger charge is 2.19. The molecule has 0 aliphatic heterocycles. The van der Waals surface area contributed by atoms with Gasteiger partial charge in [0.25, 0.3) is 0 Å². The number of ether oxygens (including phenoxy) is 1. The predicted octanol–water partition coefficient (Wildman–Crippen LogP) is 3.38. The van der Waals surface area contributed by atoms with Gasteiger partial charge in [-0.3, -0.25) is 9.78 Å². The molecule has 0 aliphatic carbocycles. The van der Waals surface area contributed by atoms with Gasteiger partial charge in [0.05, 0.1) is 7.11 Å². The summed E-state index contributed by atoms with van der Waals surface area (Å²) in [5.74, 6) is 0.925. The summed E-state index contributed by atoms with van der Waals surface area (Å²) >= 11 is 0. The molecule has 0 amide bonds.